The van der Waals surface area contributed by atoms with Crippen LogP contribution in [-0.2, 0) is 0 Å². The number of nitrogens with two attached hydrogens (primary N) is 1. The molecule has 1 aliphatic rings. The molecule has 3 N–H and O–H groups in total. The Morgan fingerprint density at radius 1 is 1.18 bits per heavy atom. The topological polar surface area (TPSA) is 38.0 Å². The van der Waals surface area contributed by atoms with Crippen LogP contribution in [0.1, 0.15) is 11.5 Å². The fourth-order valence-corrected chi connectivity index (χ4v) is 1.29. The average Bonchev–Trinajstić information content (AvgIpc) is 1.90. The molecule has 0 saturated carbocycles. The molecule has 1 aromatic rings. The zero-order valence-electron chi connectivity index (χ0n) is 6.38. The summed E-state index contributed by atoms with van der Waals surface area (Å²) >= 11 is 0. The van der Waals surface area contributed by atoms with E-state index in [1.54, 1.807) is 0 Å². The van der Waals surface area contributed by atoms with E-state index in [0.29, 0.717) is 0 Å². The van der Waals surface area contributed by atoms with Crippen molar-refractivity contribution in [2.75, 3.05) is 18.8 Å². The van der Waals surface area contributed by atoms with Gasteiger partial charge in [-0.25, -0.2) is 0 Å². The second kappa shape index (κ2) is 2.55. The van der Waals surface area contributed by atoms with Gasteiger partial charge in [-0.1, -0.05) is 12.1 Å². The molecule has 0 radical (unpaired) electrons. The van der Waals surface area contributed by atoms with Crippen molar-refractivity contribution in [1.29, 1.82) is 0 Å². The Morgan fingerprint density at radius 3 is 2.27 bits per heavy atom. The highest BCUT2D eigenvalue weighted by molar-refractivity contribution is 5.40. The molecule has 0 aliphatic carbocycles. The van der Waals surface area contributed by atoms with E-state index in [0.717, 1.165) is 24.7 Å². The first-order valence-electron chi connectivity index (χ1n) is 3.92. The third-order valence-corrected chi connectivity index (χ3v) is 2.19. The van der Waals surface area contributed by atoms with Crippen LogP contribution in [0.5, 0.6) is 0 Å². The molecule has 2 rings (SSSR count). The first-order chi connectivity index (χ1) is 5.36. The predicted octanol–water partition coefficient (Wildman–Crippen LogP) is 0.956. The molecule has 1 saturated heterocycles. The van der Waals surface area contributed by atoms with E-state index in [4.69, 9.17) is 5.73 Å². The summed E-state index contributed by atoms with van der Waals surface area (Å²) in [4.78, 5) is 0. The van der Waals surface area contributed by atoms with Gasteiger partial charge in [0.2, 0.25) is 0 Å². The first kappa shape index (κ1) is 6.68. The van der Waals surface area contributed by atoms with Crippen molar-refractivity contribution >= 4 is 5.69 Å². The van der Waals surface area contributed by atoms with Gasteiger partial charge in [-0.3, -0.25) is 0 Å². The molecule has 58 valence electrons. The molecule has 0 aromatic heterocycles. The number of hydrogen-bond acceptors (Lipinski definition) is 2. The van der Waals surface area contributed by atoms with E-state index in [1.807, 2.05) is 12.1 Å². The van der Waals surface area contributed by atoms with Crippen molar-refractivity contribution in [3.05, 3.63) is 29.8 Å². The minimum Gasteiger partial charge on any atom is -0.399 e. The number of rotatable bonds is 1. The first-order valence-corrected chi connectivity index (χ1v) is 3.92. The van der Waals surface area contributed by atoms with Crippen molar-refractivity contribution in [2.45, 2.75) is 5.92 Å². The third-order valence-electron chi connectivity index (χ3n) is 2.19. The molecule has 0 bridgehead atoms. The molecule has 0 unspecified atom stereocenters. The molecule has 1 aliphatic heterocycles. The maximum Gasteiger partial charge on any atom is 0.0314 e. The Morgan fingerprint density at radius 2 is 1.82 bits per heavy atom. The smallest absolute Gasteiger partial charge is 0.0314 e. The van der Waals surface area contributed by atoms with E-state index >= 15 is 0 Å². The van der Waals surface area contributed by atoms with Gasteiger partial charge in [0.1, 0.15) is 0 Å². The lowest BCUT2D eigenvalue weighted by Gasteiger charge is -2.27. The Labute approximate surface area is 66.4 Å². The van der Waals surface area contributed by atoms with Crippen LogP contribution in [-0.4, -0.2) is 13.1 Å². The fourth-order valence-electron chi connectivity index (χ4n) is 1.29. The molecule has 1 heterocycles. The molecule has 11 heavy (non-hydrogen) atoms. The van der Waals surface area contributed by atoms with Crippen molar-refractivity contribution in [3.63, 3.8) is 0 Å². The van der Waals surface area contributed by atoms with E-state index in [2.05, 4.69) is 17.4 Å². The van der Waals surface area contributed by atoms with Gasteiger partial charge in [0.05, 0.1) is 0 Å². The molecule has 0 atom stereocenters. The van der Waals surface area contributed by atoms with Gasteiger partial charge in [-0.2, -0.15) is 0 Å². The van der Waals surface area contributed by atoms with Crippen LogP contribution in [0.25, 0.3) is 0 Å². The van der Waals surface area contributed by atoms with Crippen LogP contribution in [0.4, 0.5) is 5.69 Å². The maximum atomic E-state index is 5.57. The average molecular weight is 148 g/mol. The summed E-state index contributed by atoms with van der Waals surface area (Å²) in [7, 11) is 0. The summed E-state index contributed by atoms with van der Waals surface area (Å²) in [6.45, 7) is 2.23. The summed E-state index contributed by atoms with van der Waals surface area (Å²) in [6.07, 6.45) is 0. The van der Waals surface area contributed by atoms with Crippen LogP contribution < -0.4 is 11.1 Å². The molecule has 2 heteroatoms. The molecular formula is C9H12N2. The van der Waals surface area contributed by atoms with E-state index in [9.17, 15) is 0 Å². The number of nitrogens with one attached hydrogen (secondary N) is 1. The Hall–Kier alpha value is -1.02. The lowest BCUT2D eigenvalue weighted by Crippen LogP contribution is -2.39. The Balaban J connectivity index is 2.18. The SMILES string of the molecule is Nc1ccc(C2CNC2)cc1. The van der Waals surface area contributed by atoms with Crippen molar-refractivity contribution in [3.8, 4) is 0 Å². The zero-order valence-corrected chi connectivity index (χ0v) is 6.38. The second-order valence-corrected chi connectivity index (χ2v) is 3.02. The van der Waals surface area contributed by atoms with E-state index in [-0.39, 0.29) is 0 Å². The lowest BCUT2D eigenvalue weighted by molar-refractivity contribution is 0.448. The van der Waals surface area contributed by atoms with Crippen LogP contribution in [0.15, 0.2) is 24.3 Å². The van der Waals surface area contributed by atoms with Crippen LogP contribution >= 0.6 is 0 Å². The quantitative estimate of drug-likeness (QED) is 0.582. The van der Waals surface area contributed by atoms with Gasteiger partial charge in [-0.15, -0.1) is 0 Å². The predicted molar refractivity (Wildman–Crippen MR) is 46.5 cm³/mol. The highest BCUT2D eigenvalue weighted by Gasteiger charge is 2.17. The van der Waals surface area contributed by atoms with Gasteiger partial charge < -0.3 is 11.1 Å². The minimum atomic E-state index is 0.718. The molecule has 0 spiro atoms. The van der Waals surface area contributed by atoms with Crippen LogP contribution in [0, 0.1) is 0 Å². The molecule has 1 aromatic carbocycles. The summed E-state index contributed by atoms with van der Waals surface area (Å²) in [6, 6.07) is 8.16. The summed E-state index contributed by atoms with van der Waals surface area (Å²) in [5, 5.41) is 3.24. The molecular weight excluding hydrogens is 136 g/mol. The maximum absolute atomic E-state index is 5.57. The van der Waals surface area contributed by atoms with Gasteiger partial charge in [-0.05, 0) is 17.7 Å². The monoisotopic (exact) mass is 148 g/mol. The van der Waals surface area contributed by atoms with Gasteiger partial charge in [0.25, 0.3) is 0 Å². The summed E-state index contributed by atoms with van der Waals surface area (Å²) < 4.78 is 0. The molecule has 2 nitrogen and oxygen atoms in total. The van der Waals surface area contributed by atoms with Crippen LogP contribution in [0.2, 0.25) is 0 Å². The van der Waals surface area contributed by atoms with E-state index in [1.165, 1.54) is 5.56 Å². The Bertz CT molecular complexity index is 236. The van der Waals surface area contributed by atoms with Crippen LogP contribution in [0.3, 0.4) is 0 Å². The minimum absolute atomic E-state index is 0.718. The van der Waals surface area contributed by atoms with Gasteiger partial charge in [0, 0.05) is 24.7 Å². The number of nitrogen functional groups attached to an aromatic ring is 1. The largest absolute Gasteiger partial charge is 0.399 e. The van der Waals surface area contributed by atoms with Crippen molar-refractivity contribution in [1.82, 2.24) is 5.32 Å². The number of benzene rings is 1. The molecule has 1 fully saturated rings. The fraction of sp³-hybridized carbons (Fsp3) is 0.333. The highest BCUT2D eigenvalue weighted by Crippen LogP contribution is 2.20. The zero-order chi connectivity index (χ0) is 7.68. The highest BCUT2D eigenvalue weighted by atomic mass is 14.9. The number of anilines is 1. The summed E-state index contributed by atoms with van der Waals surface area (Å²) in [5.74, 6) is 0.718. The summed E-state index contributed by atoms with van der Waals surface area (Å²) in [5.41, 5.74) is 7.82. The van der Waals surface area contributed by atoms with Crippen molar-refractivity contribution in [2.24, 2.45) is 0 Å². The number of hydrogen-bond donors (Lipinski definition) is 2. The standard InChI is InChI=1S/C9H12N2/c10-9-3-1-7(2-4-9)8-5-11-6-8/h1-4,8,11H,5-6,10H2. The van der Waals surface area contributed by atoms with Gasteiger partial charge >= 0.3 is 0 Å². The second-order valence-electron chi connectivity index (χ2n) is 3.02. The van der Waals surface area contributed by atoms with Gasteiger partial charge in [0.15, 0.2) is 0 Å². The normalized spacial score (nSPS) is 17.8. The van der Waals surface area contributed by atoms with Crippen molar-refractivity contribution < 1.29 is 0 Å². The third kappa shape index (κ3) is 1.21. The van der Waals surface area contributed by atoms with E-state index < -0.39 is 0 Å². The Kier molecular flexibility index (Phi) is 1.55. The molecule has 0 amide bonds. The lowest BCUT2D eigenvalue weighted by atomic mass is 9.94.